The smallest absolute Gasteiger partial charge is 0.366 e. The van der Waals surface area contributed by atoms with Crippen LogP contribution in [0.25, 0.3) is 6.08 Å². The highest BCUT2D eigenvalue weighted by molar-refractivity contribution is 5.90. The van der Waals surface area contributed by atoms with E-state index in [9.17, 15) is 22.4 Å². The maximum atomic E-state index is 13.1. The highest BCUT2D eigenvalue weighted by Gasteiger charge is 2.33. The quantitative estimate of drug-likeness (QED) is 0.618. The standard InChI is InChI=1S/C10H7F4NO/c11-8-3-1-2-7(10(12,13)14)6(8)4-5-9(15)16/h1-5H,(H2,15,16). The number of primary amides is 1. The fraction of sp³-hybridized carbons (Fsp3) is 0.100. The normalized spacial score (nSPS) is 12.0. The summed E-state index contributed by atoms with van der Waals surface area (Å²) < 4.78 is 50.4. The Balaban J connectivity index is 3.30. The summed E-state index contributed by atoms with van der Waals surface area (Å²) in [5.41, 5.74) is 2.87. The summed E-state index contributed by atoms with van der Waals surface area (Å²) in [5, 5.41) is 0. The predicted octanol–water partition coefficient (Wildman–Crippen LogP) is 2.34. The highest BCUT2D eigenvalue weighted by atomic mass is 19.4. The van der Waals surface area contributed by atoms with Gasteiger partial charge in [0.2, 0.25) is 5.91 Å². The van der Waals surface area contributed by atoms with Crippen LogP contribution in [0.5, 0.6) is 0 Å². The second-order valence-electron chi connectivity index (χ2n) is 2.93. The molecule has 0 fully saturated rings. The third-order valence-corrected chi connectivity index (χ3v) is 1.77. The van der Waals surface area contributed by atoms with Crippen molar-refractivity contribution in [1.82, 2.24) is 0 Å². The van der Waals surface area contributed by atoms with Crippen molar-refractivity contribution in [2.45, 2.75) is 6.18 Å². The molecule has 0 bridgehead atoms. The average molecular weight is 233 g/mol. The minimum Gasteiger partial charge on any atom is -0.366 e. The Morgan fingerprint density at radius 3 is 2.44 bits per heavy atom. The Kier molecular flexibility index (Phi) is 3.31. The van der Waals surface area contributed by atoms with E-state index in [0.717, 1.165) is 18.2 Å². The van der Waals surface area contributed by atoms with Crippen molar-refractivity contribution in [1.29, 1.82) is 0 Å². The number of hydrogen-bond donors (Lipinski definition) is 1. The minimum atomic E-state index is -4.68. The van der Waals surface area contributed by atoms with Crippen molar-refractivity contribution >= 4 is 12.0 Å². The summed E-state index contributed by atoms with van der Waals surface area (Å²) in [6, 6.07) is 2.54. The first-order chi connectivity index (χ1) is 7.32. The van der Waals surface area contributed by atoms with E-state index in [2.05, 4.69) is 0 Å². The van der Waals surface area contributed by atoms with Crippen molar-refractivity contribution < 1.29 is 22.4 Å². The van der Waals surface area contributed by atoms with E-state index >= 15 is 0 Å². The van der Waals surface area contributed by atoms with Gasteiger partial charge in [0.1, 0.15) is 5.82 Å². The predicted molar refractivity (Wildman–Crippen MR) is 49.6 cm³/mol. The lowest BCUT2D eigenvalue weighted by Gasteiger charge is -2.10. The van der Waals surface area contributed by atoms with Crippen molar-refractivity contribution in [3.8, 4) is 0 Å². The van der Waals surface area contributed by atoms with Crippen molar-refractivity contribution in [3.05, 3.63) is 41.2 Å². The fourth-order valence-corrected chi connectivity index (χ4v) is 1.12. The SMILES string of the molecule is NC(=O)C=Cc1c(F)cccc1C(F)(F)F. The molecule has 16 heavy (non-hydrogen) atoms. The number of alkyl halides is 3. The first-order valence-corrected chi connectivity index (χ1v) is 4.15. The van der Waals surface area contributed by atoms with E-state index < -0.39 is 29.0 Å². The molecule has 0 radical (unpaired) electrons. The molecule has 1 aromatic carbocycles. The number of carbonyl (C=O) groups is 1. The summed E-state index contributed by atoms with van der Waals surface area (Å²) in [4.78, 5) is 10.4. The van der Waals surface area contributed by atoms with E-state index in [-0.39, 0.29) is 0 Å². The zero-order chi connectivity index (χ0) is 12.3. The zero-order valence-corrected chi connectivity index (χ0v) is 7.88. The Morgan fingerprint density at radius 2 is 1.94 bits per heavy atom. The van der Waals surface area contributed by atoms with E-state index in [1.54, 1.807) is 0 Å². The van der Waals surface area contributed by atoms with Crippen LogP contribution in [0.1, 0.15) is 11.1 Å². The molecule has 1 aromatic rings. The van der Waals surface area contributed by atoms with Crippen LogP contribution in [-0.4, -0.2) is 5.91 Å². The van der Waals surface area contributed by atoms with Gasteiger partial charge in [-0.05, 0) is 18.2 Å². The molecule has 2 N–H and O–H groups in total. The molecule has 0 aromatic heterocycles. The number of nitrogens with two attached hydrogens (primary N) is 1. The molecule has 0 aliphatic heterocycles. The second kappa shape index (κ2) is 4.34. The van der Waals surface area contributed by atoms with Crippen molar-refractivity contribution in [2.75, 3.05) is 0 Å². The molecule has 0 atom stereocenters. The molecule has 1 amide bonds. The second-order valence-corrected chi connectivity index (χ2v) is 2.93. The van der Waals surface area contributed by atoms with Gasteiger partial charge < -0.3 is 5.73 Å². The summed E-state index contributed by atoms with van der Waals surface area (Å²) in [6.07, 6.45) is -3.30. The van der Waals surface area contributed by atoms with Crippen LogP contribution in [-0.2, 0) is 11.0 Å². The van der Waals surface area contributed by atoms with Gasteiger partial charge in [-0.25, -0.2) is 4.39 Å². The lowest BCUT2D eigenvalue weighted by Crippen LogP contribution is -2.09. The molecule has 6 heteroatoms. The first kappa shape index (κ1) is 12.2. The number of rotatable bonds is 2. The molecule has 0 spiro atoms. The summed E-state index contributed by atoms with van der Waals surface area (Å²) in [6.45, 7) is 0. The molecular weight excluding hydrogens is 226 g/mol. The summed E-state index contributed by atoms with van der Waals surface area (Å²) in [7, 11) is 0. The van der Waals surface area contributed by atoms with Crippen LogP contribution in [0.2, 0.25) is 0 Å². The third kappa shape index (κ3) is 2.82. The van der Waals surface area contributed by atoms with Gasteiger partial charge in [-0.3, -0.25) is 4.79 Å². The minimum absolute atomic E-state index is 0.674. The number of halogens is 4. The Bertz CT molecular complexity index is 437. The van der Waals surface area contributed by atoms with E-state index in [1.165, 1.54) is 0 Å². The molecule has 0 heterocycles. The van der Waals surface area contributed by atoms with Gasteiger partial charge in [-0.1, -0.05) is 6.07 Å². The van der Waals surface area contributed by atoms with Gasteiger partial charge >= 0.3 is 6.18 Å². The van der Waals surface area contributed by atoms with E-state index in [0.29, 0.717) is 12.2 Å². The van der Waals surface area contributed by atoms with E-state index in [1.807, 2.05) is 0 Å². The summed E-state index contributed by atoms with van der Waals surface area (Å²) in [5.74, 6) is -2.01. The number of carbonyl (C=O) groups excluding carboxylic acids is 1. The lowest BCUT2D eigenvalue weighted by atomic mass is 10.1. The largest absolute Gasteiger partial charge is 0.417 e. The number of benzene rings is 1. The van der Waals surface area contributed by atoms with Gasteiger partial charge in [0, 0.05) is 11.6 Å². The van der Waals surface area contributed by atoms with Gasteiger partial charge in [-0.15, -0.1) is 0 Å². The van der Waals surface area contributed by atoms with Gasteiger partial charge in [-0.2, -0.15) is 13.2 Å². The van der Waals surface area contributed by atoms with Gasteiger partial charge in [0.15, 0.2) is 0 Å². The maximum absolute atomic E-state index is 13.1. The Labute approximate surface area is 88.4 Å². The summed E-state index contributed by atoms with van der Waals surface area (Å²) >= 11 is 0. The molecule has 0 saturated carbocycles. The Hall–Kier alpha value is -1.85. The number of amides is 1. The van der Waals surface area contributed by atoms with Crippen LogP contribution in [0.4, 0.5) is 17.6 Å². The van der Waals surface area contributed by atoms with E-state index in [4.69, 9.17) is 5.73 Å². The maximum Gasteiger partial charge on any atom is 0.417 e. The fourth-order valence-electron chi connectivity index (χ4n) is 1.12. The zero-order valence-electron chi connectivity index (χ0n) is 7.88. The number of hydrogen-bond acceptors (Lipinski definition) is 1. The van der Waals surface area contributed by atoms with Crippen LogP contribution in [0.3, 0.4) is 0 Å². The molecule has 0 unspecified atom stereocenters. The Morgan fingerprint density at radius 1 is 1.31 bits per heavy atom. The highest BCUT2D eigenvalue weighted by Crippen LogP contribution is 2.33. The third-order valence-electron chi connectivity index (χ3n) is 1.77. The van der Waals surface area contributed by atoms with Gasteiger partial charge in [0.05, 0.1) is 5.56 Å². The van der Waals surface area contributed by atoms with Crippen molar-refractivity contribution in [3.63, 3.8) is 0 Å². The van der Waals surface area contributed by atoms with Crippen LogP contribution in [0.15, 0.2) is 24.3 Å². The van der Waals surface area contributed by atoms with Crippen LogP contribution in [0, 0.1) is 5.82 Å². The molecule has 2 nitrogen and oxygen atoms in total. The molecular formula is C10H7F4NO. The molecule has 1 rings (SSSR count). The van der Waals surface area contributed by atoms with Gasteiger partial charge in [0.25, 0.3) is 0 Å². The average Bonchev–Trinajstić information content (AvgIpc) is 2.13. The molecule has 0 aliphatic rings. The monoisotopic (exact) mass is 233 g/mol. The first-order valence-electron chi connectivity index (χ1n) is 4.15. The molecule has 0 aliphatic carbocycles. The molecule has 0 saturated heterocycles. The van der Waals surface area contributed by atoms with Crippen LogP contribution >= 0.6 is 0 Å². The van der Waals surface area contributed by atoms with Crippen molar-refractivity contribution in [2.24, 2.45) is 5.73 Å². The van der Waals surface area contributed by atoms with Crippen LogP contribution < -0.4 is 5.73 Å². The molecule has 86 valence electrons. The topological polar surface area (TPSA) is 43.1 Å². The lowest BCUT2D eigenvalue weighted by molar-refractivity contribution is -0.138.